The summed E-state index contributed by atoms with van der Waals surface area (Å²) in [6, 6.07) is 4.22. The van der Waals surface area contributed by atoms with E-state index in [1.54, 1.807) is 13.8 Å². The van der Waals surface area contributed by atoms with Crippen molar-refractivity contribution in [3.63, 3.8) is 0 Å². The minimum Gasteiger partial charge on any atom is -0.323 e. The van der Waals surface area contributed by atoms with Gasteiger partial charge in [-0.25, -0.2) is 8.42 Å². The van der Waals surface area contributed by atoms with E-state index in [-0.39, 0.29) is 21.5 Å². The molecule has 2 N–H and O–H groups in total. The molecule has 0 aliphatic heterocycles. The molecule has 1 rings (SSSR count). The van der Waals surface area contributed by atoms with Crippen LogP contribution in [0.1, 0.15) is 20.8 Å². The number of hydrogen-bond acceptors (Lipinski definition) is 4. The molecule has 1 aromatic rings. The van der Waals surface area contributed by atoms with Crippen molar-refractivity contribution >= 4 is 33.0 Å². The standard InChI is InChI=1S/C13H19ClN2O3S/c1-5-15-13(2,3)12(17)16-11-8-9(20(4,18)19)6-7-10(11)14/h6-8,15H,5H2,1-4H3,(H,16,17). The first-order valence-corrected chi connectivity index (χ1v) is 8.41. The Kier molecular flexibility index (Phi) is 5.18. The minimum atomic E-state index is -3.35. The Balaban J connectivity index is 3.07. The Morgan fingerprint density at radius 2 is 1.95 bits per heavy atom. The van der Waals surface area contributed by atoms with Crippen LogP contribution in [0.15, 0.2) is 23.1 Å². The number of hydrogen-bond donors (Lipinski definition) is 2. The molecule has 1 aromatic carbocycles. The van der Waals surface area contributed by atoms with E-state index in [9.17, 15) is 13.2 Å². The van der Waals surface area contributed by atoms with Gasteiger partial charge in [0.2, 0.25) is 5.91 Å². The molecular formula is C13H19ClN2O3S. The van der Waals surface area contributed by atoms with Crippen LogP contribution in [0.25, 0.3) is 0 Å². The highest BCUT2D eigenvalue weighted by Gasteiger charge is 2.27. The number of carbonyl (C=O) groups excluding carboxylic acids is 1. The summed E-state index contributed by atoms with van der Waals surface area (Å²) in [5.41, 5.74) is -0.496. The van der Waals surface area contributed by atoms with Crippen LogP contribution in [0.5, 0.6) is 0 Å². The largest absolute Gasteiger partial charge is 0.323 e. The van der Waals surface area contributed by atoms with Crippen LogP contribution in [0.4, 0.5) is 5.69 Å². The van der Waals surface area contributed by atoms with Crippen LogP contribution in [0.3, 0.4) is 0 Å². The van der Waals surface area contributed by atoms with Crippen LogP contribution in [0, 0.1) is 0 Å². The van der Waals surface area contributed by atoms with Gasteiger partial charge in [-0.1, -0.05) is 18.5 Å². The highest BCUT2D eigenvalue weighted by molar-refractivity contribution is 7.90. The summed E-state index contributed by atoms with van der Waals surface area (Å²) < 4.78 is 23.0. The smallest absolute Gasteiger partial charge is 0.244 e. The van der Waals surface area contributed by atoms with Crippen molar-refractivity contribution in [1.29, 1.82) is 0 Å². The normalized spacial score (nSPS) is 12.2. The van der Waals surface area contributed by atoms with Crippen molar-refractivity contribution in [1.82, 2.24) is 5.32 Å². The summed E-state index contributed by atoms with van der Waals surface area (Å²) in [5.74, 6) is -0.285. The zero-order valence-corrected chi connectivity index (χ0v) is 13.5. The van der Waals surface area contributed by atoms with Gasteiger partial charge in [0.25, 0.3) is 0 Å². The Labute approximate surface area is 124 Å². The monoisotopic (exact) mass is 318 g/mol. The van der Waals surface area contributed by atoms with Crippen molar-refractivity contribution in [2.45, 2.75) is 31.2 Å². The van der Waals surface area contributed by atoms with E-state index in [2.05, 4.69) is 10.6 Å². The molecule has 1 amide bonds. The van der Waals surface area contributed by atoms with Gasteiger partial charge in [-0.05, 0) is 38.6 Å². The van der Waals surface area contributed by atoms with Crippen LogP contribution in [-0.4, -0.2) is 32.7 Å². The maximum absolute atomic E-state index is 12.2. The van der Waals surface area contributed by atoms with Gasteiger partial charge >= 0.3 is 0 Å². The van der Waals surface area contributed by atoms with Crippen molar-refractivity contribution in [3.05, 3.63) is 23.2 Å². The first kappa shape index (κ1) is 16.9. The van der Waals surface area contributed by atoms with Crippen molar-refractivity contribution in [2.24, 2.45) is 0 Å². The Morgan fingerprint density at radius 3 is 2.45 bits per heavy atom. The third-order valence-corrected chi connectivity index (χ3v) is 4.24. The van der Waals surface area contributed by atoms with Gasteiger partial charge in [0.15, 0.2) is 9.84 Å². The zero-order valence-electron chi connectivity index (χ0n) is 12.0. The summed E-state index contributed by atoms with van der Waals surface area (Å²) in [7, 11) is -3.35. The molecule has 0 spiro atoms. The van der Waals surface area contributed by atoms with Gasteiger partial charge < -0.3 is 10.6 Å². The van der Waals surface area contributed by atoms with Crippen LogP contribution in [0.2, 0.25) is 5.02 Å². The number of halogens is 1. The lowest BCUT2D eigenvalue weighted by Crippen LogP contribution is -2.49. The van der Waals surface area contributed by atoms with E-state index in [0.717, 1.165) is 6.26 Å². The van der Waals surface area contributed by atoms with E-state index in [0.29, 0.717) is 6.54 Å². The number of anilines is 1. The summed E-state index contributed by atoms with van der Waals surface area (Å²) in [6.07, 6.45) is 1.10. The van der Waals surface area contributed by atoms with E-state index in [1.165, 1.54) is 18.2 Å². The summed E-state index contributed by atoms with van der Waals surface area (Å²) in [4.78, 5) is 12.3. The maximum Gasteiger partial charge on any atom is 0.244 e. The Bertz CT molecular complexity index is 612. The highest BCUT2D eigenvalue weighted by Crippen LogP contribution is 2.26. The molecule has 7 heteroatoms. The molecule has 0 fully saturated rings. The van der Waals surface area contributed by atoms with Gasteiger partial charge in [-0.15, -0.1) is 0 Å². The molecule has 5 nitrogen and oxygen atoms in total. The Morgan fingerprint density at radius 1 is 1.35 bits per heavy atom. The Hall–Kier alpha value is -1.11. The fourth-order valence-corrected chi connectivity index (χ4v) is 2.44. The zero-order chi connectivity index (χ0) is 15.6. The molecule has 0 bridgehead atoms. The first-order chi connectivity index (χ1) is 9.08. The predicted octanol–water partition coefficient (Wildman–Crippen LogP) is 2.07. The van der Waals surface area contributed by atoms with Gasteiger partial charge in [-0.3, -0.25) is 4.79 Å². The second-order valence-electron chi connectivity index (χ2n) is 5.02. The van der Waals surface area contributed by atoms with Crippen molar-refractivity contribution in [3.8, 4) is 0 Å². The van der Waals surface area contributed by atoms with Crippen LogP contribution < -0.4 is 10.6 Å². The third kappa shape index (κ3) is 4.19. The average Bonchev–Trinajstić information content (AvgIpc) is 2.30. The molecule has 0 saturated carbocycles. The average molecular weight is 319 g/mol. The van der Waals surface area contributed by atoms with E-state index in [1.807, 2.05) is 6.92 Å². The quantitative estimate of drug-likeness (QED) is 0.871. The summed E-state index contributed by atoms with van der Waals surface area (Å²) in [5, 5.41) is 5.97. The number of amides is 1. The molecule has 20 heavy (non-hydrogen) atoms. The highest BCUT2D eigenvalue weighted by atomic mass is 35.5. The summed E-state index contributed by atoms with van der Waals surface area (Å²) in [6.45, 7) is 6.00. The van der Waals surface area contributed by atoms with Crippen LogP contribution >= 0.6 is 11.6 Å². The number of sulfone groups is 1. The summed E-state index contributed by atoms with van der Waals surface area (Å²) >= 11 is 5.99. The number of likely N-dealkylation sites (N-methyl/N-ethyl adjacent to an activating group) is 1. The molecule has 112 valence electrons. The lowest BCUT2D eigenvalue weighted by molar-refractivity contribution is -0.121. The minimum absolute atomic E-state index is 0.110. The lowest BCUT2D eigenvalue weighted by Gasteiger charge is -2.24. The van der Waals surface area contributed by atoms with Gasteiger partial charge in [0.05, 0.1) is 21.1 Å². The molecule has 0 aliphatic rings. The molecular weight excluding hydrogens is 300 g/mol. The van der Waals surface area contributed by atoms with Crippen molar-refractivity contribution < 1.29 is 13.2 Å². The predicted molar refractivity (Wildman–Crippen MR) is 80.9 cm³/mol. The first-order valence-electron chi connectivity index (χ1n) is 6.14. The molecule has 0 unspecified atom stereocenters. The van der Waals surface area contributed by atoms with E-state index < -0.39 is 15.4 Å². The van der Waals surface area contributed by atoms with E-state index >= 15 is 0 Å². The van der Waals surface area contributed by atoms with Crippen molar-refractivity contribution in [2.75, 3.05) is 18.1 Å². The number of benzene rings is 1. The molecule has 0 radical (unpaired) electrons. The van der Waals surface area contributed by atoms with Gasteiger partial charge in [-0.2, -0.15) is 0 Å². The molecule has 0 aliphatic carbocycles. The fraction of sp³-hybridized carbons (Fsp3) is 0.462. The second kappa shape index (κ2) is 6.11. The topological polar surface area (TPSA) is 75.3 Å². The number of rotatable bonds is 5. The molecule has 0 atom stereocenters. The lowest BCUT2D eigenvalue weighted by atomic mass is 10.0. The molecule has 0 heterocycles. The SMILES string of the molecule is CCNC(C)(C)C(=O)Nc1cc(S(C)(=O)=O)ccc1Cl. The second-order valence-corrected chi connectivity index (χ2v) is 7.45. The fourth-order valence-electron chi connectivity index (χ4n) is 1.63. The van der Waals surface area contributed by atoms with Gasteiger partial charge in [0.1, 0.15) is 0 Å². The number of carbonyl (C=O) groups is 1. The van der Waals surface area contributed by atoms with E-state index in [4.69, 9.17) is 11.6 Å². The maximum atomic E-state index is 12.2. The van der Waals surface area contributed by atoms with Crippen LogP contribution in [-0.2, 0) is 14.6 Å². The molecule has 0 aromatic heterocycles. The third-order valence-electron chi connectivity index (χ3n) is 2.80. The molecule has 0 saturated heterocycles. The van der Waals surface area contributed by atoms with Gasteiger partial charge in [0, 0.05) is 6.26 Å². The number of nitrogens with one attached hydrogen (secondary N) is 2.